The smallest absolute Gasteiger partial charge is 0.358 e. The van der Waals surface area contributed by atoms with Crippen LogP contribution in [0.1, 0.15) is 75.1 Å². The lowest BCUT2D eigenvalue weighted by atomic mass is 9.89. The summed E-state index contributed by atoms with van der Waals surface area (Å²) in [4.78, 5) is 11.7. The maximum absolute atomic E-state index is 11.7. The minimum absolute atomic E-state index is 0.0171. The first-order chi connectivity index (χ1) is 8.93. The zero-order valence-corrected chi connectivity index (χ0v) is 12.4. The quantitative estimate of drug-likeness (QED) is 0.768. The number of rotatable bonds is 2. The average molecular weight is 264 g/mol. The molecular formula is C15H24N2O2. The summed E-state index contributed by atoms with van der Waals surface area (Å²) in [5.41, 5.74) is 1.54. The van der Waals surface area contributed by atoms with Crippen LogP contribution in [0, 0.1) is 0 Å². The third-order valence-electron chi connectivity index (χ3n) is 3.82. The number of methoxy groups -OCH3 is 1. The van der Waals surface area contributed by atoms with Crippen molar-refractivity contribution in [3.8, 4) is 0 Å². The molecule has 2 rings (SSSR count). The lowest BCUT2D eigenvalue weighted by molar-refractivity contribution is 0.0592. The molecule has 1 saturated carbocycles. The Morgan fingerprint density at radius 2 is 1.95 bits per heavy atom. The molecule has 1 fully saturated rings. The van der Waals surface area contributed by atoms with Crippen LogP contribution in [-0.2, 0) is 10.2 Å². The van der Waals surface area contributed by atoms with Gasteiger partial charge in [0.25, 0.3) is 0 Å². The zero-order chi connectivity index (χ0) is 14.0. The highest BCUT2D eigenvalue weighted by molar-refractivity contribution is 5.87. The Labute approximate surface area is 115 Å². The Kier molecular flexibility index (Phi) is 3.97. The Hall–Kier alpha value is -1.32. The van der Waals surface area contributed by atoms with Gasteiger partial charge in [-0.3, -0.25) is 4.68 Å². The Morgan fingerprint density at radius 1 is 1.32 bits per heavy atom. The van der Waals surface area contributed by atoms with Crippen LogP contribution in [0.2, 0.25) is 0 Å². The van der Waals surface area contributed by atoms with E-state index in [2.05, 4.69) is 30.6 Å². The molecule has 0 radical (unpaired) electrons. The lowest BCUT2D eigenvalue weighted by Gasteiger charge is -2.28. The molecule has 0 aromatic carbocycles. The zero-order valence-electron chi connectivity index (χ0n) is 12.4. The molecule has 0 spiro atoms. The Balaban J connectivity index is 2.39. The van der Waals surface area contributed by atoms with Crippen molar-refractivity contribution >= 4 is 5.97 Å². The lowest BCUT2D eigenvalue weighted by Crippen LogP contribution is -2.23. The number of ether oxygens (including phenoxy) is 1. The minimum Gasteiger partial charge on any atom is -0.464 e. The predicted molar refractivity (Wildman–Crippen MR) is 74.4 cm³/mol. The van der Waals surface area contributed by atoms with Gasteiger partial charge in [-0.15, -0.1) is 0 Å². The van der Waals surface area contributed by atoms with Gasteiger partial charge in [-0.05, 0) is 18.9 Å². The first-order valence-corrected chi connectivity index (χ1v) is 7.12. The largest absolute Gasteiger partial charge is 0.464 e. The van der Waals surface area contributed by atoms with E-state index < -0.39 is 0 Å². The van der Waals surface area contributed by atoms with Gasteiger partial charge in [0.1, 0.15) is 0 Å². The summed E-state index contributed by atoms with van der Waals surface area (Å²) in [6.45, 7) is 6.47. The van der Waals surface area contributed by atoms with Crippen LogP contribution in [-0.4, -0.2) is 22.9 Å². The van der Waals surface area contributed by atoms with E-state index in [4.69, 9.17) is 4.74 Å². The summed E-state index contributed by atoms with van der Waals surface area (Å²) in [5, 5.41) is 4.51. The van der Waals surface area contributed by atoms with Crippen LogP contribution in [0.25, 0.3) is 0 Å². The predicted octanol–water partition coefficient (Wildman–Crippen LogP) is 3.47. The summed E-state index contributed by atoms with van der Waals surface area (Å²) < 4.78 is 6.86. The molecule has 1 aromatic rings. The maximum atomic E-state index is 11.7. The number of nitrogens with zero attached hydrogens (tertiary/aromatic N) is 2. The molecule has 0 amide bonds. The second-order valence-electron chi connectivity index (χ2n) is 6.39. The van der Waals surface area contributed by atoms with Gasteiger partial charge in [0.15, 0.2) is 5.69 Å². The van der Waals surface area contributed by atoms with Crippen molar-refractivity contribution in [2.24, 2.45) is 0 Å². The van der Waals surface area contributed by atoms with E-state index in [0.29, 0.717) is 11.7 Å². The molecule has 0 aliphatic heterocycles. The molecule has 4 nitrogen and oxygen atoms in total. The monoisotopic (exact) mass is 264 g/mol. The molecule has 0 N–H and O–H groups in total. The Bertz CT molecular complexity index is 451. The molecule has 1 aliphatic rings. The molecule has 0 atom stereocenters. The van der Waals surface area contributed by atoms with Crippen molar-refractivity contribution < 1.29 is 9.53 Å². The summed E-state index contributed by atoms with van der Waals surface area (Å²) in [6.07, 6.45) is 6.13. The van der Waals surface area contributed by atoms with Gasteiger partial charge in [-0.2, -0.15) is 5.10 Å². The number of hydrogen-bond acceptors (Lipinski definition) is 3. The molecule has 0 bridgehead atoms. The van der Waals surface area contributed by atoms with Gasteiger partial charge in [0.05, 0.1) is 13.2 Å². The topological polar surface area (TPSA) is 44.1 Å². The highest BCUT2D eigenvalue weighted by atomic mass is 16.5. The molecule has 4 heteroatoms. The van der Waals surface area contributed by atoms with E-state index in [0.717, 1.165) is 18.5 Å². The fourth-order valence-corrected chi connectivity index (χ4v) is 2.76. The second-order valence-corrected chi connectivity index (χ2v) is 6.39. The Morgan fingerprint density at radius 3 is 2.47 bits per heavy atom. The van der Waals surface area contributed by atoms with Gasteiger partial charge < -0.3 is 4.74 Å². The van der Waals surface area contributed by atoms with Gasteiger partial charge in [0.2, 0.25) is 0 Å². The fourth-order valence-electron chi connectivity index (χ4n) is 2.76. The second kappa shape index (κ2) is 5.35. The van der Waals surface area contributed by atoms with E-state index in [1.807, 2.05) is 6.07 Å². The van der Waals surface area contributed by atoms with Crippen molar-refractivity contribution in [2.45, 2.75) is 64.3 Å². The molecule has 0 unspecified atom stereocenters. The summed E-state index contributed by atoms with van der Waals surface area (Å²) >= 11 is 0. The highest BCUT2D eigenvalue weighted by Crippen LogP contribution is 2.33. The molecule has 1 heterocycles. The third kappa shape index (κ3) is 2.99. The normalized spacial score (nSPS) is 17.5. The van der Waals surface area contributed by atoms with Crippen LogP contribution < -0.4 is 0 Å². The molecule has 1 aromatic heterocycles. The highest BCUT2D eigenvalue weighted by Gasteiger charge is 2.28. The first kappa shape index (κ1) is 14.1. The molecule has 0 saturated heterocycles. The SMILES string of the molecule is COC(=O)c1cc(C(C)(C)C)n(C2CCCCC2)n1. The van der Waals surface area contributed by atoms with Gasteiger partial charge >= 0.3 is 5.97 Å². The number of esters is 1. The van der Waals surface area contributed by atoms with Crippen molar-refractivity contribution in [1.29, 1.82) is 0 Å². The van der Waals surface area contributed by atoms with E-state index in [1.165, 1.54) is 26.4 Å². The average Bonchev–Trinajstić information content (AvgIpc) is 2.84. The maximum Gasteiger partial charge on any atom is 0.358 e. The molecule has 106 valence electrons. The summed E-state index contributed by atoms with van der Waals surface area (Å²) in [6, 6.07) is 2.32. The van der Waals surface area contributed by atoms with E-state index in [1.54, 1.807) is 0 Å². The van der Waals surface area contributed by atoms with Gasteiger partial charge in [-0.1, -0.05) is 40.0 Å². The number of carbonyl (C=O) groups is 1. The van der Waals surface area contributed by atoms with Crippen molar-refractivity contribution in [3.63, 3.8) is 0 Å². The van der Waals surface area contributed by atoms with E-state index >= 15 is 0 Å². The minimum atomic E-state index is -0.347. The number of hydrogen-bond donors (Lipinski definition) is 0. The van der Waals surface area contributed by atoms with Gasteiger partial charge in [0, 0.05) is 11.1 Å². The van der Waals surface area contributed by atoms with Gasteiger partial charge in [-0.25, -0.2) is 4.79 Å². The molecule has 19 heavy (non-hydrogen) atoms. The van der Waals surface area contributed by atoms with Crippen molar-refractivity contribution in [1.82, 2.24) is 9.78 Å². The van der Waals surface area contributed by atoms with Crippen LogP contribution in [0.3, 0.4) is 0 Å². The molecule has 1 aliphatic carbocycles. The summed E-state index contributed by atoms with van der Waals surface area (Å²) in [7, 11) is 1.40. The molecular weight excluding hydrogens is 240 g/mol. The standard InChI is InChI=1S/C15H24N2O2/c1-15(2,3)13-10-12(14(18)19-4)16-17(13)11-8-6-5-7-9-11/h10-11H,5-9H2,1-4H3. The van der Waals surface area contributed by atoms with Crippen molar-refractivity contribution in [3.05, 3.63) is 17.5 Å². The van der Waals surface area contributed by atoms with Crippen molar-refractivity contribution in [2.75, 3.05) is 7.11 Å². The first-order valence-electron chi connectivity index (χ1n) is 7.12. The van der Waals surface area contributed by atoms with Crippen LogP contribution >= 0.6 is 0 Å². The number of aromatic nitrogens is 2. The summed E-state index contributed by atoms with van der Waals surface area (Å²) in [5.74, 6) is -0.347. The van der Waals surface area contributed by atoms with Crippen LogP contribution in [0.5, 0.6) is 0 Å². The fraction of sp³-hybridized carbons (Fsp3) is 0.733. The number of carbonyl (C=O) groups excluding carboxylic acids is 1. The third-order valence-corrected chi connectivity index (χ3v) is 3.82. The van der Waals surface area contributed by atoms with E-state index in [9.17, 15) is 4.79 Å². The van der Waals surface area contributed by atoms with E-state index in [-0.39, 0.29) is 11.4 Å². The van der Waals surface area contributed by atoms with Crippen LogP contribution in [0.15, 0.2) is 6.07 Å². The van der Waals surface area contributed by atoms with Crippen LogP contribution in [0.4, 0.5) is 0 Å².